The quantitative estimate of drug-likeness (QED) is 0.308. The van der Waals surface area contributed by atoms with Crippen LogP contribution in [0.3, 0.4) is 0 Å². The van der Waals surface area contributed by atoms with E-state index in [1.807, 2.05) is 36.6 Å². The number of aryl methyl sites for hydroxylation is 1. The predicted molar refractivity (Wildman–Crippen MR) is 123 cm³/mol. The third-order valence-corrected chi connectivity index (χ3v) is 4.90. The van der Waals surface area contributed by atoms with Gasteiger partial charge in [-0.1, -0.05) is 18.2 Å². The summed E-state index contributed by atoms with van der Waals surface area (Å²) in [5.41, 5.74) is 10.2. The van der Waals surface area contributed by atoms with E-state index in [-0.39, 0.29) is 5.69 Å². The third kappa shape index (κ3) is 5.99. The molecule has 0 aliphatic rings. The Morgan fingerprint density at radius 2 is 1.97 bits per heavy atom. The van der Waals surface area contributed by atoms with Crippen LogP contribution in [0.4, 0.5) is 26.2 Å². The molecule has 8 heteroatoms. The molecular formula is C22H22FN5OS. The molecule has 1 heterocycles. The average Bonchev–Trinajstić information content (AvgIpc) is 2.75. The highest BCUT2D eigenvalue weighted by Crippen LogP contribution is 2.22. The van der Waals surface area contributed by atoms with Crippen molar-refractivity contribution in [2.45, 2.75) is 6.92 Å². The third-order valence-electron chi connectivity index (χ3n) is 4.17. The number of anilines is 3. The summed E-state index contributed by atoms with van der Waals surface area (Å²) >= 11 is 1.52. The molecule has 0 saturated carbocycles. The summed E-state index contributed by atoms with van der Waals surface area (Å²) in [6.07, 6.45) is 3.41. The Hall–Kier alpha value is -3.52. The van der Waals surface area contributed by atoms with E-state index >= 15 is 0 Å². The summed E-state index contributed by atoms with van der Waals surface area (Å²) in [7, 11) is 0. The van der Waals surface area contributed by atoms with Gasteiger partial charge in [0.1, 0.15) is 5.82 Å². The van der Waals surface area contributed by atoms with Gasteiger partial charge in [0.15, 0.2) is 0 Å². The van der Waals surface area contributed by atoms with Gasteiger partial charge in [-0.15, -0.1) is 11.8 Å². The molecule has 0 radical (unpaired) electrons. The number of benzene rings is 2. The van der Waals surface area contributed by atoms with Crippen molar-refractivity contribution in [2.75, 3.05) is 21.8 Å². The van der Waals surface area contributed by atoms with Crippen LogP contribution < -0.4 is 21.7 Å². The monoisotopic (exact) mass is 423 g/mol. The molecule has 1 aromatic heterocycles. The molecule has 0 spiro atoms. The topological polar surface area (TPSA) is 92.1 Å². The molecule has 3 rings (SSSR count). The van der Waals surface area contributed by atoms with Crippen LogP contribution in [-0.4, -0.2) is 16.9 Å². The smallest absolute Gasteiger partial charge is 0.323 e. The number of hydrogen-bond donors (Lipinski definition) is 4. The molecule has 6 nitrogen and oxygen atoms in total. The fraction of sp³-hybridized carbons (Fsp3) is 0.0909. The van der Waals surface area contributed by atoms with Crippen LogP contribution in [0.1, 0.15) is 11.1 Å². The first-order valence-corrected chi connectivity index (χ1v) is 10.2. The number of thioether (sulfide) groups is 1. The SMILES string of the molecule is Cc1ccc(NC(=O)Nc2ccccc2F)cc1NCS/C=C(\N)c1cccnc1. The molecule has 30 heavy (non-hydrogen) atoms. The number of carbonyl (C=O) groups excluding carboxylic acids is 1. The van der Waals surface area contributed by atoms with Crippen molar-refractivity contribution < 1.29 is 9.18 Å². The highest BCUT2D eigenvalue weighted by atomic mass is 32.2. The molecule has 3 aromatic rings. The lowest BCUT2D eigenvalue weighted by molar-refractivity contribution is 0.262. The zero-order chi connectivity index (χ0) is 21.3. The number of hydrogen-bond acceptors (Lipinski definition) is 5. The Balaban J connectivity index is 1.56. The number of nitrogens with two attached hydrogens (primary N) is 1. The summed E-state index contributed by atoms with van der Waals surface area (Å²) in [4.78, 5) is 16.2. The highest BCUT2D eigenvalue weighted by molar-refractivity contribution is 8.02. The van der Waals surface area contributed by atoms with Gasteiger partial charge in [0.25, 0.3) is 0 Å². The zero-order valence-electron chi connectivity index (χ0n) is 16.4. The van der Waals surface area contributed by atoms with Gasteiger partial charge >= 0.3 is 6.03 Å². The van der Waals surface area contributed by atoms with Crippen LogP contribution in [0.5, 0.6) is 0 Å². The Morgan fingerprint density at radius 3 is 2.73 bits per heavy atom. The molecule has 154 valence electrons. The number of pyridine rings is 1. The van der Waals surface area contributed by atoms with Crippen molar-refractivity contribution in [3.8, 4) is 0 Å². The first-order valence-electron chi connectivity index (χ1n) is 9.17. The van der Waals surface area contributed by atoms with Crippen LogP contribution in [0.2, 0.25) is 0 Å². The van der Waals surface area contributed by atoms with E-state index in [0.717, 1.165) is 16.8 Å². The van der Waals surface area contributed by atoms with Gasteiger partial charge in [-0.25, -0.2) is 9.18 Å². The van der Waals surface area contributed by atoms with Crippen LogP contribution in [-0.2, 0) is 0 Å². The van der Waals surface area contributed by atoms with Crippen molar-refractivity contribution in [3.63, 3.8) is 0 Å². The van der Waals surface area contributed by atoms with Gasteiger partial charge in [0, 0.05) is 35.0 Å². The largest absolute Gasteiger partial charge is 0.398 e. The molecule has 0 unspecified atom stereocenters. The molecule has 0 saturated heterocycles. The summed E-state index contributed by atoms with van der Waals surface area (Å²) in [5.74, 6) is 0.0988. The molecular weight excluding hydrogens is 401 g/mol. The van der Waals surface area contributed by atoms with Gasteiger partial charge in [-0.05, 0) is 54.3 Å². The minimum Gasteiger partial charge on any atom is -0.398 e. The number of amides is 2. The first-order chi connectivity index (χ1) is 14.5. The first kappa shape index (κ1) is 21.2. The molecule has 0 aliphatic carbocycles. The van der Waals surface area contributed by atoms with E-state index in [1.165, 1.54) is 23.9 Å². The number of carbonyl (C=O) groups is 1. The molecule has 0 fully saturated rings. The van der Waals surface area contributed by atoms with Gasteiger partial charge in [0.05, 0.1) is 11.6 Å². The van der Waals surface area contributed by atoms with Crippen molar-refractivity contribution in [2.24, 2.45) is 5.73 Å². The number of para-hydroxylation sites is 1. The number of rotatable bonds is 7. The van der Waals surface area contributed by atoms with Crippen molar-refractivity contribution in [1.29, 1.82) is 0 Å². The average molecular weight is 424 g/mol. The normalized spacial score (nSPS) is 11.1. The Labute approximate surface area is 178 Å². The van der Waals surface area contributed by atoms with Crippen LogP contribution in [0, 0.1) is 12.7 Å². The summed E-state index contributed by atoms with van der Waals surface area (Å²) in [6, 6.07) is 14.7. The van der Waals surface area contributed by atoms with Crippen molar-refractivity contribution in [3.05, 3.63) is 89.3 Å². The molecule has 2 amide bonds. The van der Waals surface area contributed by atoms with Crippen LogP contribution in [0.25, 0.3) is 5.70 Å². The van der Waals surface area contributed by atoms with Gasteiger partial charge in [-0.3, -0.25) is 4.98 Å². The number of halogens is 1. The predicted octanol–water partition coefficient (Wildman–Crippen LogP) is 5.23. The maximum Gasteiger partial charge on any atom is 0.323 e. The van der Waals surface area contributed by atoms with Crippen LogP contribution in [0.15, 0.2) is 72.4 Å². The molecule has 0 bridgehead atoms. The summed E-state index contributed by atoms with van der Waals surface area (Å²) < 4.78 is 13.7. The second-order valence-electron chi connectivity index (χ2n) is 6.39. The summed E-state index contributed by atoms with van der Waals surface area (Å²) in [6.45, 7) is 1.97. The van der Waals surface area contributed by atoms with E-state index in [4.69, 9.17) is 5.73 Å². The summed E-state index contributed by atoms with van der Waals surface area (Å²) in [5, 5.41) is 10.4. The lowest BCUT2D eigenvalue weighted by Crippen LogP contribution is -2.20. The van der Waals surface area contributed by atoms with E-state index in [9.17, 15) is 9.18 Å². The maximum atomic E-state index is 13.7. The Morgan fingerprint density at radius 1 is 1.13 bits per heavy atom. The van der Waals surface area contributed by atoms with Crippen LogP contribution >= 0.6 is 11.8 Å². The fourth-order valence-corrected chi connectivity index (χ4v) is 3.23. The lowest BCUT2D eigenvalue weighted by atomic mass is 10.2. The number of urea groups is 1. The second kappa shape index (κ2) is 10.3. The molecule has 5 N–H and O–H groups in total. The molecule has 0 aliphatic heterocycles. The molecule has 2 aromatic carbocycles. The van der Waals surface area contributed by atoms with Gasteiger partial charge in [0.2, 0.25) is 0 Å². The second-order valence-corrected chi connectivity index (χ2v) is 7.25. The minimum atomic E-state index is -0.517. The zero-order valence-corrected chi connectivity index (χ0v) is 17.2. The van der Waals surface area contributed by atoms with Gasteiger partial charge < -0.3 is 21.7 Å². The minimum absolute atomic E-state index is 0.120. The molecule has 0 atom stereocenters. The van der Waals surface area contributed by atoms with E-state index < -0.39 is 11.8 Å². The fourth-order valence-electron chi connectivity index (χ4n) is 2.59. The van der Waals surface area contributed by atoms with E-state index in [1.54, 1.807) is 30.6 Å². The highest BCUT2D eigenvalue weighted by Gasteiger charge is 2.07. The number of nitrogens with one attached hydrogen (secondary N) is 3. The van der Waals surface area contributed by atoms with E-state index in [2.05, 4.69) is 20.9 Å². The van der Waals surface area contributed by atoms with Crippen molar-refractivity contribution >= 4 is 40.6 Å². The Bertz CT molecular complexity index is 1040. The maximum absolute atomic E-state index is 13.7. The van der Waals surface area contributed by atoms with Gasteiger partial charge in [-0.2, -0.15) is 0 Å². The van der Waals surface area contributed by atoms with E-state index in [0.29, 0.717) is 17.3 Å². The lowest BCUT2D eigenvalue weighted by Gasteiger charge is -2.12. The standard InChI is InChI=1S/C22H22FN5OS/c1-15-8-9-17(27-22(29)28-20-7-3-2-6-18(20)23)11-21(15)26-14-30-13-19(24)16-5-4-10-25-12-16/h2-13,26H,14,24H2,1H3,(H2,27,28,29)/b19-13-. The van der Waals surface area contributed by atoms with Crippen molar-refractivity contribution in [1.82, 2.24) is 4.98 Å². The Kier molecular flexibility index (Phi) is 7.29. The number of aromatic nitrogens is 1. The number of nitrogens with zero attached hydrogens (tertiary/aromatic N) is 1.